The third kappa shape index (κ3) is 3.25. The van der Waals surface area contributed by atoms with E-state index in [2.05, 4.69) is 0 Å². The van der Waals surface area contributed by atoms with E-state index in [0.717, 1.165) is 0 Å². The summed E-state index contributed by atoms with van der Waals surface area (Å²) in [4.78, 5) is 27.9. The molecule has 2 atom stereocenters. The summed E-state index contributed by atoms with van der Waals surface area (Å²) in [5.41, 5.74) is 0. The fourth-order valence-corrected chi connectivity index (χ4v) is 2.70. The number of carbonyl (C=O) groups is 2. The molecule has 0 aromatic rings. The molecule has 2 rings (SSSR count). The third-order valence-electron chi connectivity index (χ3n) is 3.77. The van der Waals surface area contributed by atoms with Crippen LogP contribution in [-0.2, 0) is 19.1 Å². The Kier molecular flexibility index (Phi) is 4.76. The number of carbonyl (C=O) groups excluding carboxylic acids is 2. The fraction of sp³-hybridized carbons (Fsp3) is 0.846. The smallest absolute Gasteiger partial charge is 0.228 e. The summed E-state index contributed by atoms with van der Waals surface area (Å²) in [6.45, 7) is 5.42. The Hall–Kier alpha value is -1.14. The highest BCUT2D eigenvalue weighted by Gasteiger charge is 2.38. The average molecular weight is 270 g/mol. The largest absolute Gasteiger partial charge is 0.383 e. The molecule has 0 aromatic carbocycles. The molecule has 0 aromatic heterocycles. The van der Waals surface area contributed by atoms with E-state index >= 15 is 0 Å². The first-order chi connectivity index (χ1) is 9.13. The topological polar surface area (TPSA) is 59.1 Å². The maximum Gasteiger partial charge on any atom is 0.228 e. The summed E-state index contributed by atoms with van der Waals surface area (Å²) in [5, 5.41) is 0. The van der Waals surface area contributed by atoms with Crippen LogP contribution in [0.15, 0.2) is 0 Å². The number of rotatable bonds is 4. The standard InChI is InChI=1S/C13H22N2O4/c1-10(9-18-2)15-8-11(7-12(15)16)13(17)14-3-5-19-6-4-14/h10-11H,3-9H2,1-2H3/t10-,11-/m0/s1. The SMILES string of the molecule is COC[C@H](C)N1C[C@@H](C(=O)N2CCOCC2)CC1=O. The lowest BCUT2D eigenvalue weighted by molar-refractivity contribution is -0.139. The van der Waals surface area contributed by atoms with Crippen LogP contribution < -0.4 is 0 Å². The second-order valence-electron chi connectivity index (χ2n) is 5.19. The number of likely N-dealkylation sites (tertiary alicyclic amines) is 1. The van der Waals surface area contributed by atoms with E-state index < -0.39 is 0 Å². The molecule has 19 heavy (non-hydrogen) atoms. The number of morpholine rings is 1. The van der Waals surface area contributed by atoms with E-state index in [4.69, 9.17) is 9.47 Å². The van der Waals surface area contributed by atoms with Gasteiger partial charge in [-0.15, -0.1) is 0 Å². The van der Waals surface area contributed by atoms with Crippen LogP contribution in [0.25, 0.3) is 0 Å². The third-order valence-corrected chi connectivity index (χ3v) is 3.77. The van der Waals surface area contributed by atoms with Gasteiger partial charge in [-0.1, -0.05) is 0 Å². The van der Waals surface area contributed by atoms with E-state index in [1.165, 1.54) is 0 Å². The van der Waals surface area contributed by atoms with E-state index in [1.54, 1.807) is 12.0 Å². The summed E-state index contributed by atoms with van der Waals surface area (Å²) in [5.74, 6) is -0.0650. The van der Waals surface area contributed by atoms with Crippen LogP contribution in [0.1, 0.15) is 13.3 Å². The van der Waals surface area contributed by atoms with Gasteiger partial charge in [-0.25, -0.2) is 0 Å². The van der Waals surface area contributed by atoms with Gasteiger partial charge < -0.3 is 19.3 Å². The highest BCUT2D eigenvalue weighted by Crippen LogP contribution is 2.22. The molecular formula is C13H22N2O4. The lowest BCUT2D eigenvalue weighted by Gasteiger charge is -2.29. The number of methoxy groups -OCH3 is 1. The van der Waals surface area contributed by atoms with Crippen LogP contribution >= 0.6 is 0 Å². The van der Waals surface area contributed by atoms with Crippen molar-refractivity contribution in [2.24, 2.45) is 5.92 Å². The maximum atomic E-state index is 12.3. The average Bonchev–Trinajstić information content (AvgIpc) is 2.81. The Balaban J connectivity index is 1.92. The minimum atomic E-state index is -0.204. The van der Waals surface area contributed by atoms with Gasteiger partial charge in [0.05, 0.1) is 31.8 Å². The molecule has 2 fully saturated rings. The van der Waals surface area contributed by atoms with Gasteiger partial charge in [0.2, 0.25) is 11.8 Å². The van der Waals surface area contributed by atoms with Gasteiger partial charge >= 0.3 is 0 Å². The van der Waals surface area contributed by atoms with Gasteiger partial charge in [-0.3, -0.25) is 9.59 Å². The highest BCUT2D eigenvalue weighted by atomic mass is 16.5. The molecule has 0 spiro atoms. The molecule has 2 aliphatic heterocycles. The summed E-state index contributed by atoms with van der Waals surface area (Å²) in [6.07, 6.45) is 0.324. The lowest BCUT2D eigenvalue weighted by Crippen LogP contribution is -2.45. The number of ether oxygens (including phenoxy) is 2. The Morgan fingerprint density at radius 2 is 2.16 bits per heavy atom. The molecule has 0 saturated carbocycles. The molecule has 2 aliphatic rings. The van der Waals surface area contributed by atoms with Crippen molar-refractivity contribution in [3.8, 4) is 0 Å². The molecular weight excluding hydrogens is 248 g/mol. The number of nitrogens with zero attached hydrogens (tertiary/aromatic N) is 2. The Bertz CT molecular complexity index is 342. The van der Waals surface area contributed by atoms with Crippen molar-refractivity contribution in [2.45, 2.75) is 19.4 Å². The van der Waals surface area contributed by atoms with E-state index in [9.17, 15) is 9.59 Å². The summed E-state index contributed by atoms with van der Waals surface area (Å²) in [7, 11) is 1.62. The molecule has 2 heterocycles. The predicted molar refractivity (Wildman–Crippen MR) is 68.6 cm³/mol. The van der Waals surface area contributed by atoms with Gasteiger partial charge in [0, 0.05) is 33.2 Å². The van der Waals surface area contributed by atoms with Crippen molar-refractivity contribution in [1.29, 1.82) is 0 Å². The van der Waals surface area contributed by atoms with Gasteiger partial charge in [-0.05, 0) is 6.92 Å². The maximum absolute atomic E-state index is 12.3. The van der Waals surface area contributed by atoms with Gasteiger partial charge in [0.1, 0.15) is 0 Å². The molecule has 0 unspecified atom stereocenters. The Morgan fingerprint density at radius 1 is 1.47 bits per heavy atom. The van der Waals surface area contributed by atoms with E-state index in [1.807, 2.05) is 11.8 Å². The molecule has 0 radical (unpaired) electrons. The molecule has 2 saturated heterocycles. The predicted octanol–water partition coefficient (Wildman–Crippen LogP) is -0.271. The highest BCUT2D eigenvalue weighted by molar-refractivity contribution is 5.89. The molecule has 0 bridgehead atoms. The zero-order valence-electron chi connectivity index (χ0n) is 11.6. The van der Waals surface area contributed by atoms with E-state index in [-0.39, 0.29) is 23.8 Å². The zero-order chi connectivity index (χ0) is 13.8. The van der Waals surface area contributed by atoms with Gasteiger partial charge in [0.25, 0.3) is 0 Å². The monoisotopic (exact) mass is 270 g/mol. The first kappa shape index (κ1) is 14.3. The van der Waals surface area contributed by atoms with Crippen molar-refractivity contribution >= 4 is 11.8 Å². The first-order valence-electron chi connectivity index (χ1n) is 6.78. The van der Waals surface area contributed by atoms with Crippen molar-refractivity contribution in [3.05, 3.63) is 0 Å². The van der Waals surface area contributed by atoms with Crippen molar-refractivity contribution in [2.75, 3.05) is 46.6 Å². The quantitative estimate of drug-likeness (QED) is 0.705. The number of hydrogen-bond donors (Lipinski definition) is 0. The molecule has 0 aliphatic carbocycles. The molecule has 2 amide bonds. The van der Waals surface area contributed by atoms with Crippen molar-refractivity contribution < 1.29 is 19.1 Å². The number of amides is 2. The van der Waals surface area contributed by atoms with Crippen LogP contribution in [0, 0.1) is 5.92 Å². The normalized spacial score (nSPS) is 25.8. The summed E-state index contributed by atoms with van der Waals surface area (Å²) in [6, 6.07) is 0.0278. The second-order valence-corrected chi connectivity index (χ2v) is 5.19. The first-order valence-corrected chi connectivity index (χ1v) is 6.78. The molecule has 6 heteroatoms. The minimum absolute atomic E-state index is 0.0278. The van der Waals surface area contributed by atoms with E-state index in [0.29, 0.717) is 45.9 Å². The number of hydrogen-bond acceptors (Lipinski definition) is 4. The Labute approximate surface area is 113 Å². The zero-order valence-corrected chi connectivity index (χ0v) is 11.6. The second kappa shape index (κ2) is 6.34. The van der Waals surface area contributed by atoms with Crippen LogP contribution in [0.5, 0.6) is 0 Å². The lowest BCUT2D eigenvalue weighted by atomic mass is 10.1. The molecule has 0 N–H and O–H groups in total. The van der Waals surface area contributed by atoms with Gasteiger partial charge in [-0.2, -0.15) is 0 Å². The van der Waals surface area contributed by atoms with Crippen LogP contribution in [0.3, 0.4) is 0 Å². The van der Waals surface area contributed by atoms with Crippen molar-refractivity contribution in [1.82, 2.24) is 9.80 Å². The van der Waals surface area contributed by atoms with Crippen LogP contribution in [0.2, 0.25) is 0 Å². The summed E-state index contributed by atoms with van der Waals surface area (Å²) >= 11 is 0. The van der Waals surface area contributed by atoms with Crippen LogP contribution in [-0.4, -0.2) is 74.2 Å². The summed E-state index contributed by atoms with van der Waals surface area (Å²) < 4.78 is 10.3. The Morgan fingerprint density at radius 3 is 2.79 bits per heavy atom. The van der Waals surface area contributed by atoms with Crippen LogP contribution in [0.4, 0.5) is 0 Å². The minimum Gasteiger partial charge on any atom is -0.383 e. The fourth-order valence-electron chi connectivity index (χ4n) is 2.70. The van der Waals surface area contributed by atoms with Gasteiger partial charge in [0.15, 0.2) is 0 Å². The molecule has 108 valence electrons. The van der Waals surface area contributed by atoms with Crippen molar-refractivity contribution in [3.63, 3.8) is 0 Å². The molecule has 6 nitrogen and oxygen atoms in total.